The summed E-state index contributed by atoms with van der Waals surface area (Å²) in [6, 6.07) is 5.25. The number of aromatic carboxylic acids is 1. The molecule has 1 unspecified atom stereocenters. The number of H-pyrrole nitrogens is 1. The summed E-state index contributed by atoms with van der Waals surface area (Å²) < 4.78 is 0. The predicted octanol–water partition coefficient (Wildman–Crippen LogP) is 2.23. The molecule has 0 saturated carbocycles. The summed E-state index contributed by atoms with van der Waals surface area (Å²) in [5.41, 5.74) is 2.62. The smallest absolute Gasteiger partial charge is 0.352 e. The molecule has 1 heterocycles. The van der Waals surface area contributed by atoms with E-state index in [-0.39, 0.29) is 5.69 Å². The Morgan fingerprint density at radius 2 is 2.12 bits per heavy atom. The van der Waals surface area contributed by atoms with Crippen LogP contribution in [-0.4, -0.2) is 21.2 Å². The lowest BCUT2D eigenvalue weighted by atomic mass is 10.0. The van der Waals surface area contributed by atoms with Gasteiger partial charge in [0.05, 0.1) is 6.10 Å². The third kappa shape index (κ3) is 1.57. The maximum absolute atomic E-state index is 10.9. The van der Waals surface area contributed by atoms with Crippen LogP contribution in [0.5, 0.6) is 0 Å². The number of aromatic nitrogens is 1. The van der Waals surface area contributed by atoms with Crippen molar-refractivity contribution in [3.8, 4) is 0 Å². The molecule has 0 aliphatic carbocycles. The largest absolute Gasteiger partial charge is 0.477 e. The molecule has 0 aliphatic heterocycles. The standard InChI is InChI=1S/C12H13NO3/c1-6-3-4-8(7(2)14)9-5-10(12(15)16)13-11(6)9/h3-5,7,13-14H,1-2H3,(H,15,16). The maximum atomic E-state index is 10.9. The number of hydrogen-bond donors (Lipinski definition) is 3. The monoisotopic (exact) mass is 219 g/mol. The molecule has 0 bridgehead atoms. The van der Waals surface area contributed by atoms with Gasteiger partial charge in [-0.1, -0.05) is 12.1 Å². The van der Waals surface area contributed by atoms with Crippen LogP contribution >= 0.6 is 0 Å². The molecular weight excluding hydrogens is 206 g/mol. The lowest BCUT2D eigenvalue weighted by Crippen LogP contribution is -1.94. The molecule has 1 aromatic carbocycles. The Kier molecular flexibility index (Phi) is 2.44. The summed E-state index contributed by atoms with van der Waals surface area (Å²) in [5, 5.41) is 19.3. The average Bonchev–Trinajstić information content (AvgIpc) is 2.62. The lowest BCUT2D eigenvalue weighted by molar-refractivity contribution is 0.0691. The molecule has 1 aromatic heterocycles. The molecule has 0 saturated heterocycles. The first-order valence-electron chi connectivity index (χ1n) is 5.04. The number of aryl methyl sites for hydroxylation is 1. The van der Waals surface area contributed by atoms with Crippen LogP contribution in [-0.2, 0) is 0 Å². The molecular formula is C12H13NO3. The second-order valence-corrected chi connectivity index (χ2v) is 3.92. The van der Waals surface area contributed by atoms with Crippen molar-refractivity contribution in [2.75, 3.05) is 0 Å². The number of carboxylic acids is 1. The van der Waals surface area contributed by atoms with E-state index in [0.29, 0.717) is 0 Å². The summed E-state index contributed by atoms with van der Waals surface area (Å²) in [6.45, 7) is 3.56. The van der Waals surface area contributed by atoms with Gasteiger partial charge in [0.1, 0.15) is 5.69 Å². The van der Waals surface area contributed by atoms with Crippen molar-refractivity contribution in [2.45, 2.75) is 20.0 Å². The quantitative estimate of drug-likeness (QED) is 0.725. The Morgan fingerprint density at radius 1 is 1.44 bits per heavy atom. The first-order chi connectivity index (χ1) is 7.50. The lowest BCUT2D eigenvalue weighted by Gasteiger charge is -2.07. The van der Waals surface area contributed by atoms with E-state index in [1.807, 2.05) is 19.1 Å². The number of aromatic amines is 1. The molecule has 3 N–H and O–H groups in total. The van der Waals surface area contributed by atoms with Crippen molar-refractivity contribution in [2.24, 2.45) is 0 Å². The number of carboxylic acid groups (broad SMARTS) is 1. The van der Waals surface area contributed by atoms with Crippen molar-refractivity contribution in [1.29, 1.82) is 0 Å². The van der Waals surface area contributed by atoms with Gasteiger partial charge in [0.2, 0.25) is 0 Å². The van der Waals surface area contributed by atoms with Crippen LogP contribution < -0.4 is 0 Å². The van der Waals surface area contributed by atoms with Gasteiger partial charge >= 0.3 is 5.97 Å². The third-order valence-electron chi connectivity index (χ3n) is 2.72. The molecule has 4 nitrogen and oxygen atoms in total. The highest BCUT2D eigenvalue weighted by Crippen LogP contribution is 2.27. The zero-order valence-corrected chi connectivity index (χ0v) is 9.11. The Balaban J connectivity index is 2.77. The van der Waals surface area contributed by atoms with Crippen LogP contribution in [0.4, 0.5) is 0 Å². The minimum absolute atomic E-state index is 0.145. The van der Waals surface area contributed by atoms with E-state index in [2.05, 4.69) is 4.98 Å². The summed E-state index contributed by atoms with van der Waals surface area (Å²) in [5.74, 6) is -0.993. The van der Waals surface area contributed by atoms with Gasteiger partial charge in [0, 0.05) is 10.9 Å². The highest BCUT2D eigenvalue weighted by atomic mass is 16.4. The van der Waals surface area contributed by atoms with Gasteiger partial charge in [-0.05, 0) is 31.0 Å². The first kappa shape index (κ1) is 10.7. The highest BCUT2D eigenvalue weighted by Gasteiger charge is 2.13. The van der Waals surface area contributed by atoms with E-state index in [4.69, 9.17) is 5.11 Å². The second kappa shape index (κ2) is 3.64. The molecule has 2 aromatic rings. The molecule has 16 heavy (non-hydrogen) atoms. The number of aliphatic hydroxyl groups excluding tert-OH is 1. The van der Waals surface area contributed by atoms with E-state index in [1.165, 1.54) is 0 Å². The fourth-order valence-electron chi connectivity index (χ4n) is 1.86. The Hall–Kier alpha value is -1.81. The topological polar surface area (TPSA) is 73.3 Å². The molecule has 84 valence electrons. The molecule has 0 fully saturated rings. The second-order valence-electron chi connectivity index (χ2n) is 3.92. The van der Waals surface area contributed by atoms with Crippen molar-refractivity contribution in [3.05, 3.63) is 35.0 Å². The number of hydrogen-bond acceptors (Lipinski definition) is 2. The Bertz CT molecular complexity index is 555. The van der Waals surface area contributed by atoms with Crippen LogP contribution in [0.1, 0.15) is 34.6 Å². The van der Waals surface area contributed by atoms with Crippen LogP contribution in [0, 0.1) is 6.92 Å². The van der Waals surface area contributed by atoms with Crippen molar-refractivity contribution in [1.82, 2.24) is 4.98 Å². The van der Waals surface area contributed by atoms with Gasteiger partial charge < -0.3 is 15.2 Å². The van der Waals surface area contributed by atoms with Gasteiger partial charge in [-0.15, -0.1) is 0 Å². The van der Waals surface area contributed by atoms with E-state index in [9.17, 15) is 9.90 Å². The average molecular weight is 219 g/mol. The first-order valence-corrected chi connectivity index (χ1v) is 5.04. The van der Waals surface area contributed by atoms with E-state index >= 15 is 0 Å². The van der Waals surface area contributed by atoms with Gasteiger partial charge in [-0.25, -0.2) is 4.79 Å². The number of aliphatic hydroxyl groups is 1. The molecule has 0 amide bonds. The fraction of sp³-hybridized carbons (Fsp3) is 0.250. The number of rotatable bonds is 2. The zero-order chi connectivity index (χ0) is 11.9. The Morgan fingerprint density at radius 3 is 2.69 bits per heavy atom. The normalized spacial score (nSPS) is 12.9. The number of benzene rings is 1. The maximum Gasteiger partial charge on any atom is 0.352 e. The van der Waals surface area contributed by atoms with Gasteiger partial charge in [0.25, 0.3) is 0 Å². The zero-order valence-electron chi connectivity index (χ0n) is 9.11. The van der Waals surface area contributed by atoms with Gasteiger partial charge in [0.15, 0.2) is 0 Å². The Labute approximate surface area is 92.5 Å². The summed E-state index contributed by atoms with van der Waals surface area (Å²) >= 11 is 0. The van der Waals surface area contributed by atoms with E-state index in [1.54, 1.807) is 13.0 Å². The SMILES string of the molecule is Cc1ccc(C(C)O)c2cc(C(=O)O)[nH]c12. The summed E-state index contributed by atoms with van der Waals surface area (Å²) in [6.07, 6.45) is -0.611. The molecule has 0 aliphatic rings. The predicted molar refractivity (Wildman–Crippen MR) is 60.6 cm³/mol. The fourth-order valence-corrected chi connectivity index (χ4v) is 1.86. The van der Waals surface area contributed by atoms with Crippen LogP contribution in [0.15, 0.2) is 18.2 Å². The number of carbonyl (C=O) groups is 1. The van der Waals surface area contributed by atoms with Crippen LogP contribution in [0.2, 0.25) is 0 Å². The summed E-state index contributed by atoms with van der Waals surface area (Å²) in [7, 11) is 0. The van der Waals surface area contributed by atoms with Crippen molar-refractivity contribution < 1.29 is 15.0 Å². The minimum Gasteiger partial charge on any atom is -0.477 e. The molecule has 1 atom stereocenters. The number of nitrogens with one attached hydrogen (secondary N) is 1. The summed E-state index contributed by atoms with van der Waals surface area (Å²) in [4.78, 5) is 13.7. The van der Waals surface area contributed by atoms with E-state index < -0.39 is 12.1 Å². The van der Waals surface area contributed by atoms with E-state index in [0.717, 1.165) is 22.0 Å². The van der Waals surface area contributed by atoms with Crippen LogP contribution in [0.25, 0.3) is 10.9 Å². The molecule has 0 radical (unpaired) electrons. The van der Waals surface area contributed by atoms with Crippen LogP contribution in [0.3, 0.4) is 0 Å². The number of fused-ring (bicyclic) bond motifs is 1. The third-order valence-corrected chi connectivity index (χ3v) is 2.72. The minimum atomic E-state index is -0.993. The van der Waals surface area contributed by atoms with Gasteiger partial charge in [-0.2, -0.15) is 0 Å². The van der Waals surface area contributed by atoms with Crippen molar-refractivity contribution >= 4 is 16.9 Å². The van der Waals surface area contributed by atoms with Gasteiger partial charge in [-0.3, -0.25) is 0 Å². The highest BCUT2D eigenvalue weighted by molar-refractivity contribution is 5.96. The molecule has 0 spiro atoms. The van der Waals surface area contributed by atoms with Crippen molar-refractivity contribution in [3.63, 3.8) is 0 Å². The molecule has 4 heteroatoms. The molecule has 2 rings (SSSR count).